The number of halogens is 1. The summed E-state index contributed by atoms with van der Waals surface area (Å²) in [4.78, 5) is 15.8. The van der Waals surface area contributed by atoms with E-state index in [1.165, 1.54) is 25.9 Å². The maximum atomic E-state index is 13.3. The Morgan fingerprint density at radius 1 is 1.13 bits per heavy atom. The van der Waals surface area contributed by atoms with E-state index in [-0.39, 0.29) is 5.91 Å². The van der Waals surface area contributed by atoms with Crippen LogP contribution in [0.15, 0.2) is 48.5 Å². The van der Waals surface area contributed by atoms with Gasteiger partial charge in [0, 0.05) is 23.8 Å². The second-order valence-corrected chi connectivity index (χ2v) is 9.55. The van der Waals surface area contributed by atoms with Crippen LogP contribution in [0, 0.1) is 5.92 Å². The topological polar surface area (TPSA) is 41.6 Å². The zero-order valence-corrected chi connectivity index (χ0v) is 19.2. The van der Waals surface area contributed by atoms with Gasteiger partial charge in [-0.05, 0) is 74.0 Å². The fourth-order valence-corrected chi connectivity index (χ4v) is 5.43. The lowest BCUT2D eigenvalue weighted by molar-refractivity contribution is -0.121. The molecule has 1 aliphatic heterocycles. The predicted molar refractivity (Wildman–Crippen MR) is 127 cm³/mol. The Morgan fingerprint density at radius 3 is 2.58 bits per heavy atom. The van der Waals surface area contributed by atoms with Crippen molar-refractivity contribution in [3.05, 3.63) is 59.1 Å². The number of hydrogen-bond donors (Lipinski definition) is 1. The third-order valence-electron chi connectivity index (χ3n) is 6.81. The number of benzene rings is 2. The van der Waals surface area contributed by atoms with Crippen molar-refractivity contribution in [3.63, 3.8) is 0 Å². The normalized spacial score (nSPS) is 21.0. The van der Waals surface area contributed by atoms with Crippen molar-refractivity contribution in [1.82, 2.24) is 4.90 Å². The Morgan fingerprint density at radius 2 is 1.87 bits per heavy atom. The molecule has 1 N–H and O–H groups in total. The van der Waals surface area contributed by atoms with E-state index < -0.39 is 5.41 Å². The van der Waals surface area contributed by atoms with E-state index in [2.05, 4.69) is 17.1 Å². The number of rotatable bonds is 7. The molecular weight excluding hydrogens is 408 g/mol. The third kappa shape index (κ3) is 5.24. The minimum atomic E-state index is -0.543. The van der Waals surface area contributed by atoms with E-state index in [0.29, 0.717) is 11.6 Å². The van der Waals surface area contributed by atoms with Gasteiger partial charge in [0.05, 0.1) is 5.41 Å². The van der Waals surface area contributed by atoms with E-state index >= 15 is 0 Å². The van der Waals surface area contributed by atoms with E-state index in [9.17, 15) is 4.79 Å². The average Bonchev–Trinajstić information content (AvgIpc) is 3.26. The summed E-state index contributed by atoms with van der Waals surface area (Å²) in [5.74, 6) is 1.65. The van der Waals surface area contributed by atoms with Crippen molar-refractivity contribution in [3.8, 4) is 5.75 Å². The quantitative estimate of drug-likeness (QED) is 0.582. The summed E-state index contributed by atoms with van der Waals surface area (Å²) < 4.78 is 5.94. The second-order valence-electron chi connectivity index (χ2n) is 9.14. The number of ether oxygens (including phenoxy) is 1. The monoisotopic (exact) mass is 440 g/mol. The first-order valence-corrected chi connectivity index (χ1v) is 12.0. The SMILES string of the molecule is C[C@H]1CCCN(CCOc2ccc(NC(=O)C3(c4ccccc4Cl)CCCC3)cc2)C1. The van der Waals surface area contributed by atoms with Gasteiger partial charge < -0.3 is 10.1 Å². The molecule has 1 saturated heterocycles. The third-order valence-corrected chi connectivity index (χ3v) is 7.14. The van der Waals surface area contributed by atoms with Gasteiger partial charge in [-0.2, -0.15) is 0 Å². The highest BCUT2D eigenvalue weighted by molar-refractivity contribution is 6.31. The molecule has 0 aromatic heterocycles. The van der Waals surface area contributed by atoms with Gasteiger partial charge in [-0.15, -0.1) is 0 Å². The molecule has 4 rings (SSSR count). The lowest BCUT2D eigenvalue weighted by atomic mass is 9.78. The zero-order valence-electron chi connectivity index (χ0n) is 18.4. The van der Waals surface area contributed by atoms with Crippen molar-refractivity contribution >= 4 is 23.2 Å². The molecule has 1 atom stereocenters. The summed E-state index contributed by atoms with van der Waals surface area (Å²) in [5, 5.41) is 3.80. The first kappa shape index (κ1) is 22.2. The molecule has 2 aliphatic rings. The fraction of sp³-hybridized carbons (Fsp3) is 0.500. The molecule has 1 heterocycles. The minimum absolute atomic E-state index is 0.0333. The lowest BCUT2D eigenvalue weighted by Gasteiger charge is -2.30. The van der Waals surface area contributed by atoms with Crippen LogP contribution < -0.4 is 10.1 Å². The van der Waals surface area contributed by atoms with Gasteiger partial charge in [0.1, 0.15) is 12.4 Å². The molecule has 1 amide bonds. The zero-order chi connectivity index (χ0) is 21.7. The lowest BCUT2D eigenvalue weighted by Crippen LogP contribution is -2.38. The maximum Gasteiger partial charge on any atom is 0.235 e. The molecule has 5 heteroatoms. The van der Waals surface area contributed by atoms with E-state index in [1.807, 2.05) is 48.5 Å². The molecule has 2 aromatic carbocycles. The summed E-state index contributed by atoms with van der Waals surface area (Å²) in [6, 6.07) is 15.5. The molecule has 1 saturated carbocycles. The first-order valence-electron chi connectivity index (χ1n) is 11.6. The Balaban J connectivity index is 1.35. The van der Waals surface area contributed by atoms with Crippen LogP contribution in [0.4, 0.5) is 5.69 Å². The number of carbonyl (C=O) groups is 1. The van der Waals surface area contributed by atoms with Crippen LogP contribution in [-0.4, -0.2) is 37.0 Å². The minimum Gasteiger partial charge on any atom is -0.492 e. The number of hydrogen-bond acceptors (Lipinski definition) is 3. The molecule has 2 aromatic rings. The molecule has 0 spiro atoms. The number of carbonyl (C=O) groups excluding carboxylic acids is 1. The number of anilines is 1. The molecule has 1 aliphatic carbocycles. The number of nitrogens with one attached hydrogen (secondary N) is 1. The molecule has 2 fully saturated rings. The molecule has 166 valence electrons. The number of amides is 1. The van der Waals surface area contributed by atoms with Crippen molar-refractivity contribution < 1.29 is 9.53 Å². The Bertz CT molecular complexity index is 877. The standard InChI is InChI=1S/C26H33ClN2O2/c1-20-7-6-16-29(19-20)17-18-31-22-12-10-21(11-13-22)28-25(30)26(14-4-5-15-26)23-8-2-3-9-24(23)27/h2-3,8-13,20H,4-7,14-19H2,1H3,(H,28,30)/t20-/m0/s1. The van der Waals surface area contributed by atoms with Crippen LogP contribution in [0.25, 0.3) is 0 Å². The van der Waals surface area contributed by atoms with Crippen LogP contribution in [-0.2, 0) is 10.2 Å². The number of likely N-dealkylation sites (tertiary alicyclic amines) is 1. The molecule has 4 nitrogen and oxygen atoms in total. The van der Waals surface area contributed by atoms with E-state index in [1.54, 1.807) is 0 Å². The van der Waals surface area contributed by atoms with Crippen LogP contribution >= 0.6 is 11.6 Å². The average molecular weight is 441 g/mol. The second kappa shape index (κ2) is 10.1. The van der Waals surface area contributed by atoms with Gasteiger partial charge in [-0.25, -0.2) is 0 Å². The number of piperidine rings is 1. The van der Waals surface area contributed by atoms with Crippen molar-refractivity contribution in [2.24, 2.45) is 5.92 Å². The Kier molecular flexibility index (Phi) is 7.19. The molecule has 0 bridgehead atoms. The van der Waals surface area contributed by atoms with Crippen LogP contribution in [0.3, 0.4) is 0 Å². The van der Waals surface area contributed by atoms with Crippen LogP contribution in [0.2, 0.25) is 5.02 Å². The molecule has 31 heavy (non-hydrogen) atoms. The molecule has 0 unspecified atom stereocenters. The summed E-state index contributed by atoms with van der Waals surface area (Å²) in [5.41, 5.74) is 1.19. The van der Waals surface area contributed by atoms with Gasteiger partial charge in [-0.3, -0.25) is 9.69 Å². The van der Waals surface area contributed by atoms with E-state index in [4.69, 9.17) is 16.3 Å². The molecule has 0 radical (unpaired) electrons. The predicted octanol–water partition coefficient (Wildman–Crippen LogP) is 5.90. The van der Waals surface area contributed by atoms with Crippen LogP contribution in [0.5, 0.6) is 5.75 Å². The van der Waals surface area contributed by atoms with Gasteiger partial charge in [-0.1, -0.05) is 49.6 Å². The van der Waals surface area contributed by atoms with Gasteiger partial charge >= 0.3 is 0 Å². The first-order chi connectivity index (χ1) is 15.1. The van der Waals surface area contributed by atoms with Gasteiger partial charge in [0.15, 0.2) is 0 Å². The largest absolute Gasteiger partial charge is 0.492 e. The van der Waals surface area contributed by atoms with Crippen molar-refractivity contribution in [1.29, 1.82) is 0 Å². The smallest absolute Gasteiger partial charge is 0.235 e. The number of nitrogens with zero attached hydrogens (tertiary/aromatic N) is 1. The van der Waals surface area contributed by atoms with Crippen molar-refractivity contribution in [2.45, 2.75) is 50.9 Å². The Hall–Kier alpha value is -2.04. The maximum absolute atomic E-state index is 13.3. The van der Waals surface area contributed by atoms with E-state index in [0.717, 1.165) is 55.1 Å². The highest BCUT2D eigenvalue weighted by Gasteiger charge is 2.43. The summed E-state index contributed by atoms with van der Waals surface area (Å²) >= 11 is 6.47. The highest BCUT2D eigenvalue weighted by atomic mass is 35.5. The van der Waals surface area contributed by atoms with Gasteiger partial charge in [0.25, 0.3) is 0 Å². The van der Waals surface area contributed by atoms with Crippen LogP contribution in [0.1, 0.15) is 51.0 Å². The fourth-order valence-electron chi connectivity index (χ4n) is 5.11. The molecular formula is C26H33ClN2O2. The van der Waals surface area contributed by atoms with Crippen molar-refractivity contribution in [2.75, 3.05) is 31.6 Å². The summed E-state index contributed by atoms with van der Waals surface area (Å²) in [6.45, 7) is 6.31. The summed E-state index contributed by atoms with van der Waals surface area (Å²) in [7, 11) is 0. The Labute approximate surface area is 190 Å². The van der Waals surface area contributed by atoms with Gasteiger partial charge in [0.2, 0.25) is 5.91 Å². The highest BCUT2D eigenvalue weighted by Crippen LogP contribution is 2.44. The summed E-state index contributed by atoms with van der Waals surface area (Å²) in [6.07, 6.45) is 6.37.